The predicted molar refractivity (Wildman–Crippen MR) is 94.4 cm³/mol. The van der Waals surface area contributed by atoms with Crippen LogP contribution in [0, 0.1) is 13.8 Å². The minimum absolute atomic E-state index is 0.268. The van der Waals surface area contributed by atoms with Gasteiger partial charge in [0.2, 0.25) is 0 Å². The number of hydrogen-bond donors (Lipinski definition) is 0. The fourth-order valence-electron chi connectivity index (χ4n) is 2.43. The molecule has 0 amide bonds. The second kappa shape index (κ2) is 6.13. The molecule has 0 spiro atoms. The van der Waals surface area contributed by atoms with E-state index in [4.69, 9.17) is 16.6 Å². The molecule has 0 aliphatic rings. The molecular formula is C18H19ClN4. The SMILES string of the molecule is Cc1ccn2c(N=Nc3cc(Cl)ccc3C)c(C(C)C)nc2c1. The number of azo groups is 1. The maximum absolute atomic E-state index is 6.05. The second-order valence-corrected chi connectivity index (χ2v) is 6.47. The van der Waals surface area contributed by atoms with Gasteiger partial charge in [0.15, 0.2) is 5.82 Å². The molecule has 0 bridgehead atoms. The number of benzene rings is 1. The van der Waals surface area contributed by atoms with Crippen LogP contribution >= 0.6 is 11.6 Å². The fraction of sp³-hybridized carbons (Fsp3) is 0.278. The van der Waals surface area contributed by atoms with E-state index in [-0.39, 0.29) is 5.92 Å². The summed E-state index contributed by atoms with van der Waals surface area (Å²) in [4.78, 5) is 4.71. The van der Waals surface area contributed by atoms with Crippen LogP contribution in [0.25, 0.3) is 5.65 Å². The summed E-state index contributed by atoms with van der Waals surface area (Å²) >= 11 is 6.05. The molecule has 0 N–H and O–H groups in total. The van der Waals surface area contributed by atoms with Gasteiger partial charge in [0.25, 0.3) is 0 Å². The van der Waals surface area contributed by atoms with Crippen LogP contribution in [-0.2, 0) is 0 Å². The maximum atomic E-state index is 6.05. The van der Waals surface area contributed by atoms with Crippen LogP contribution in [-0.4, -0.2) is 9.38 Å². The van der Waals surface area contributed by atoms with E-state index in [0.717, 1.165) is 28.4 Å². The number of aryl methyl sites for hydroxylation is 2. The molecule has 0 unspecified atom stereocenters. The van der Waals surface area contributed by atoms with E-state index in [9.17, 15) is 0 Å². The first kappa shape index (κ1) is 15.7. The zero-order valence-corrected chi connectivity index (χ0v) is 14.5. The summed E-state index contributed by atoms with van der Waals surface area (Å²) in [6, 6.07) is 9.71. The van der Waals surface area contributed by atoms with Gasteiger partial charge >= 0.3 is 0 Å². The van der Waals surface area contributed by atoms with Crippen molar-refractivity contribution in [3.05, 3.63) is 58.4 Å². The van der Waals surface area contributed by atoms with Gasteiger partial charge < -0.3 is 0 Å². The number of fused-ring (bicyclic) bond motifs is 1. The lowest BCUT2D eigenvalue weighted by Crippen LogP contribution is -1.87. The van der Waals surface area contributed by atoms with Crippen LogP contribution in [0.15, 0.2) is 46.8 Å². The van der Waals surface area contributed by atoms with Crippen molar-refractivity contribution in [3.63, 3.8) is 0 Å². The summed E-state index contributed by atoms with van der Waals surface area (Å²) in [6.07, 6.45) is 1.99. The van der Waals surface area contributed by atoms with Crippen molar-refractivity contribution in [3.8, 4) is 0 Å². The number of halogens is 1. The Morgan fingerprint density at radius 3 is 2.61 bits per heavy atom. The molecule has 0 atom stereocenters. The average Bonchev–Trinajstić information content (AvgIpc) is 2.86. The zero-order chi connectivity index (χ0) is 16.6. The van der Waals surface area contributed by atoms with Gasteiger partial charge in [-0.2, -0.15) is 0 Å². The number of imidazole rings is 1. The van der Waals surface area contributed by atoms with Crippen molar-refractivity contribution in [1.82, 2.24) is 9.38 Å². The Hall–Kier alpha value is -2.20. The van der Waals surface area contributed by atoms with Gasteiger partial charge in [0, 0.05) is 11.2 Å². The largest absolute Gasteiger partial charge is 0.283 e. The molecule has 0 saturated heterocycles. The Kier molecular flexibility index (Phi) is 4.18. The Labute approximate surface area is 140 Å². The molecule has 2 heterocycles. The Morgan fingerprint density at radius 2 is 1.87 bits per heavy atom. The van der Waals surface area contributed by atoms with Crippen molar-refractivity contribution in [1.29, 1.82) is 0 Å². The number of pyridine rings is 1. The van der Waals surface area contributed by atoms with Crippen molar-refractivity contribution in [2.45, 2.75) is 33.6 Å². The highest BCUT2D eigenvalue weighted by atomic mass is 35.5. The lowest BCUT2D eigenvalue weighted by atomic mass is 10.1. The molecule has 0 aliphatic carbocycles. The van der Waals surface area contributed by atoms with Crippen molar-refractivity contribution in [2.24, 2.45) is 10.2 Å². The Balaban J connectivity index is 2.13. The first-order valence-electron chi connectivity index (χ1n) is 7.62. The maximum Gasteiger partial charge on any atom is 0.183 e. The van der Waals surface area contributed by atoms with Gasteiger partial charge in [0.05, 0.1) is 11.4 Å². The van der Waals surface area contributed by atoms with E-state index in [1.54, 1.807) is 0 Å². The molecular weight excluding hydrogens is 308 g/mol. The molecule has 23 heavy (non-hydrogen) atoms. The molecule has 118 valence electrons. The average molecular weight is 327 g/mol. The highest BCUT2D eigenvalue weighted by Gasteiger charge is 2.15. The number of hydrogen-bond acceptors (Lipinski definition) is 3. The normalized spacial score (nSPS) is 11.9. The molecule has 0 radical (unpaired) electrons. The fourth-order valence-corrected chi connectivity index (χ4v) is 2.60. The summed E-state index contributed by atoms with van der Waals surface area (Å²) in [5.41, 5.74) is 4.82. The lowest BCUT2D eigenvalue weighted by molar-refractivity contribution is 0.831. The first-order valence-corrected chi connectivity index (χ1v) is 8.00. The molecule has 0 fully saturated rings. The van der Waals surface area contributed by atoms with Crippen LogP contribution in [0.5, 0.6) is 0 Å². The van der Waals surface area contributed by atoms with Crippen LogP contribution < -0.4 is 0 Å². The molecule has 4 nitrogen and oxygen atoms in total. The van der Waals surface area contributed by atoms with Crippen LogP contribution in [0.3, 0.4) is 0 Å². The summed E-state index contributed by atoms with van der Waals surface area (Å²) in [7, 11) is 0. The quantitative estimate of drug-likeness (QED) is 0.533. The van der Waals surface area contributed by atoms with Crippen molar-refractivity contribution >= 4 is 28.8 Å². The third-order valence-electron chi connectivity index (χ3n) is 3.75. The topological polar surface area (TPSA) is 42.0 Å². The standard InChI is InChI=1S/C18H19ClN4/c1-11(2)17-18(23-8-7-12(3)9-16(23)20-17)22-21-15-10-14(19)6-5-13(15)4/h5-11H,1-4H3. The van der Waals surface area contributed by atoms with Gasteiger partial charge in [-0.1, -0.05) is 31.5 Å². The van der Waals surface area contributed by atoms with E-state index in [2.05, 4.69) is 37.1 Å². The molecule has 1 aromatic carbocycles. The number of nitrogens with zero attached hydrogens (tertiary/aromatic N) is 4. The van der Waals surface area contributed by atoms with Crippen molar-refractivity contribution < 1.29 is 0 Å². The molecule has 0 aliphatic heterocycles. The first-order chi connectivity index (χ1) is 11.0. The highest BCUT2D eigenvalue weighted by Crippen LogP contribution is 2.31. The van der Waals surface area contributed by atoms with Crippen LogP contribution in [0.1, 0.15) is 36.6 Å². The van der Waals surface area contributed by atoms with Crippen LogP contribution in [0.4, 0.5) is 11.5 Å². The summed E-state index contributed by atoms with van der Waals surface area (Å²) in [5, 5.41) is 9.54. The summed E-state index contributed by atoms with van der Waals surface area (Å²) in [5.74, 6) is 1.04. The molecule has 3 rings (SSSR count). The van der Waals surface area contributed by atoms with E-state index in [1.807, 2.05) is 41.8 Å². The molecule has 5 heteroatoms. The minimum Gasteiger partial charge on any atom is -0.283 e. The van der Waals surface area contributed by atoms with Crippen LogP contribution in [0.2, 0.25) is 5.02 Å². The van der Waals surface area contributed by atoms with Gasteiger partial charge in [-0.15, -0.1) is 10.2 Å². The predicted octanol–water partition coefficient (Wildman–Crippen LogP) is 6.14. The second-order valence-electron chi connectivity index (χ2n) is 6.04. The van der Waals surface area contributed by atoms with Gasteiger partial charge in [-0.3, -0.25) is 4.40 Å². The van der Waals surface area contributed by atoms with E-state index in [1.165, 1.54) is 5.56 Å². The van der Waals surface area contributed by atoms with Gasteiger partial charge in [-0.05, 0) is 55.2 Å². The number of aromatic nitrogens is 2. The number of rotatable bonds is 3. The third-order valence-corrected chi connectivity index (χ3v) is 3.99. The van der Waals surface area contributed by atoms with E-state index in [0.29, 0.717) is 5.02 Å². The smallest absolute Gasteiger partial charge is 0.183 e. The van der Waals surface area contributed by atoms with Gasteiger partial charge in [-0.25, -0.2) is 4.98 Å². The summed E-state index contributed by atoms with van der Waals surface area (Å²) < 4.78 is 1.98. The summed E-state index contributed by atoms with van der Waals surface area (Å²) in [6.45, 7) is 8.27. The highest BCUT2D eigenvalue weighted by molar-refractivity contribution is 6.30. The molecule has 2 aromatic heterocycles. The monoisotopic (exact) mass is 326 g/mol. The Bertz CT molecular complexity index is 893. The van der Waals surface area contributed by atoms with E-state index >= 15 is 0 Å². The van der Waals surface area contributed by atoms with Gasteiger partial charge in [0.1, 0.15) is 5.65 Å². The lowest BCUT2D eigenvalue weighted by Gasteiger charge is -2.03. The Morgan fingerprint density at radius 1 is 1.09 bits per heavy atom. The molecule has 0 saturated carbocycles. The minimum atomic E-state index is 0.268. The molecule has 3 aromatic rings. The third kappa shape index (κ3) is 3.13. The van der Waals surface area contributed by atoms with Crippen molar-refractivity contribution in [2.75, 3.05) is 0 Å². The zero-order valence-electron chi connectivity index (χ0n) is 13.7. The van der Waals surface area contributed by atoms with E-state index < -0.39 is 0 Å².